The first-order chi connectivity index (χ1) is 8.63. The molecule has 0 spiro atoms. The number of rotatable bonds is 5. The maximum absolute atomic E-state index is 11.1. The van der Waals surface area contributed by atoms with Gasteiger partial charge in [-0.25, -0.2) is 0 Å². The van der Waals surface area contributed by atoms with Crippen LogP contribution in [0.3, 0.4) is 0 Å². The summed E-state index contributed by atoms with van der Waals surface area (Å²) in [5.74, 6) is 0. The Morgan fingerprint density at radius 2 is 1.68 bits per heavy atom. The zero-order valence-corrected chi connectivity index (χ0v) is 13.6. The van der Waals surface area contributed by atoms with E-state index in [1.54, 1.807) is 0 Å². The van der Waals surface area contributed by atoms with Gasteiger partial charge in [0.25, 0.3) is 0 Å². The Morgan fingerprint density at radius 1 is 1.16 bits per heavy atom. The Morgan fingerprint density at radius 3 is 2.11 bits per heavy atom. The highest BCUT2D eigenvalue weighted by Gasteiger charge is 2.28. The topological polar surface area (TPSA) is 57.5 Å². The van der Waals surface area contributed by atoms with Crippen LogP contribution < -0.4 is 0 Å². The molecule has 19 heavy (non-hydrogen) atoms. The molecule has 5 heteroatoms. The number of hydrogen-bond donors (Lipinski definition) is 2. The quantitative estimate of drug-likeness (QED) is 0.632. The molecule has 0 aliphatic heterocycles. The second-order valence-corrected chi connectivity index (χ2v) is 7.46. The summed E-state index contributed by atoms with van der Waals surface area (Å²) in [5, 5.41) is 0. The lowest BCUT2D eigenvalue weighted by Crippen LogP contribution is -2.18. The molecule has 0 unspecified atom stereocenters. The molecular weight excluding hydrogens is 283 g/mol. The van der Waals surface area contributed by atoms with Crippen molar-refractivity contribution in [2.24, 2.45) is 0 Å². The van der Waals surface area contributed by atoms with E-state index in [2.05, 4.69) is 13.8 Å². The molecule has 0 heterocycles. The summed E-state index contributed by atoms with van der Waals surface area (Å²) >= 11 is 6.64. The van der Waals surface area contributed by atoms with Gasteiger partial charge < -0.3 is 9.79 Å². The van der Waals surface area contributed by atoms with Crippen molar-refractivity contribution in [3.8, 4) is 0 Å². The van der Waals surface area contributed by atoms with E-state index < -0.39 is 12.5 Å². The van der Waals surface area contributed by atoms with Crippen LogP contribution in [-0.4, -0.2) is 9.79 Å². The lowest BCUT2D eigenvalue weighted by Gasteiger charge is -2.27. The Labute approximate surface area is 120 Å². The van der Waals surface area contributed by atoms with E-state index in [9.17, 15) is 4.57 Å². The Hall–Kier alpha value is -0.340. The minimum absolute atomic E-state index is 0.215. The first-order valence-corrected chi connectivity index (χ1v) is 8.64. The highest BCUT2D eigenvalue weighted by molar-refractivity contribution is 7.50. The van der Waals surface area contributed by atoms with Gasteiger partial charge in [-0.1, -0.05) is 26.0 Å². The van der Waals surface area contributed by atoms with Gasteiger partial charge in [0.05, 0.1) is 11.0 Å². The van der Waals surface area contributed by atoms with Crippen LogP contribution in [0.1, 0.15) is 48.9 Å². The fraction of sp³-hybridized carbons (Fsp3) is 0.571. The largest absolute Gasteiger partial charge is 0.329 e. The van der Waals surface area contributed by atoms with Crippen molar-refractivity contribution < 1.29 is 14.4 Å². The monoisotopic (exact) mass is 304 g/mol. The van der Waals surface area contributed by atoms with Crippen molar-refractivity contribution >= 4 is 19.2 Å². The summed E-state index contributed by atoms with van der Waals surface area (Å²) in [7, 11) is -4.04. The predicted molar refractivity (Wildman–Crippen MR) is 79.8 cm³/mol. The third-order valence-corrected chi connectivity index (χ3v) is 5.15. The highest BCUT2D eigenvalue weighted by atomic mass is 35.5. The molecule has 0 aliphatic rings. The van der Waals surface area contributed by atoms with Gasteiger partial charge in [0.15, 0.2) is 0 Å². The summed E-state index contributed by atoms with van der Waals surface area (Å²) < 4.78 is 11.1. The molecule has 2 N–H and O–H groups in total. The van der Waals surface area contributed by atoms with E-state index in [0.29, 0.717) is 5.56 Å². The number of hydrogen-bond acceptors (Lipinski definition) is 1. The zero-order chi connectivity index (χ0) is 14.8. The zero-order valence-electron chi connectivity index (χ0n) is 11.9. The first kappa shape index (κ1) is 16.7. The van der Waals surface area contributed by atoms with E-state index >= 15 is 0 Å². The number of aryl methyl sites for hydroxylation is 2. The summed E-state index contributed by atoms with van der Waals surface area (Å²) in [6, 6.07) is 3.83. The first-order valence-electron chi connectivity index (χ1n) is 6.47. The summed E-state index contributed by atoms with van der Waals surface area (Å²) in [4.78, 5) is 17.8. The van der Waals surface area contributed by atoms with E-state index in [4.69, 9.17) is 21.4 Å². The highest BCUT2D eigenvalue weighted by Crippen LogP contribution is 2.43. The van der Waals surface area contributed by atoms with Crippen LogP contribution in [0.4, 0.5) is 0 Å². The average Bonchev–Trinajstić information content (AvgIpc) is 2.30. The van der Waals surface area contributed by atoms with Crippen molar-refractivity contribution in [2.45, 2.75) is 51.6 Å². The Kier molecular flexibility index (Phi) is 5.25. The lowest BCUT2D eigenvalue weighted by atomic mass is 9.87. The SMILES string of the molecule is CCC(Cl)(CC)c1cc(C)c(CP(=O)(O)O)cc1C. The molecule has 0 aromatic heterocycles. The molecule has 1 aromatic carbocycles. The van der Waals surface area contributed by atoms with E-state index in [-0.39, 0.29) is 6.16 Å². The van der Waals surface area contributed by atoms with Crippen molar-refractivity contribution in [3.05, 3.63) is 34.4 Å². The fourth-order valence-electron chi connectivity index (χ4n) is 2.38. The van der Waals surface area contributed by atoms with Gasteiger partial charge in [-0.3, -0.25) is 4.57 Å². The molecule has 0 fully saturated rings. The molecule has 0 atom stereocenters. The van der Waals surface area contributed by atoms with Crippen LogP contribution in [0.5, 0.6) is 0 Å². The minimum atomic E-state index is -4.04. The van der Waals surface area contributed by atoms with Crippen molar-refractivity contribution in [3.63, 3.8) is 0 Å². The smallest absolute Gasteiger partial charge is 0.324 e. The molecule has 1 rings (SSSR count). The standard InChI is InChI=1S/C14H22ClO3P/c1-5-14(15,6-2)13-8-10(3)12(7-11(13)4)9-19(16,17)18/h7-8H,5-6,9H2,1-4H3,(H2,16,17,18). The molecular formula is C14H22ClO3P. The summed E-state index contributed by atoms with van der Waals surface area (Å²) in [6.07, 6.45) is 1.43. The second-order valence-electron chi connectivity index (χ2n) is 5.09. The molecule has 0 amide bonds. The normalized spacial score (nSPS) is 12.8. The average molecular weight is 305 g/mol. The van der Waals surface area contributed by atoms with Gasteiger partial charge in [0, 0.05) is 0 Å². The van der Waals surface area contributed by atoms with Crippen LogP contribution in [0, 0.1) is 13.8 Å². The van der Waals surface area contributed by atoms with Gasteiger partial charge in [0.1, 0.15) is 0 Å². The number of halogens is 1. The fourth-order valence-corrected chi connectivity index (χ4v) is 3.37. The second kappa shape index (κ2) is 5.97. The lowest BCUT2D eigenvalue weighted by molar-refractivity contribution is 0.371. The maximum atomic E-state index is 11.1. The van der Waals surface area contributed by atoms with Gasteiger partial charge in [-0.15, -0.1) is 11.6 Å². The van der Waals surface area contributed by atoms with E-state index in [1.807, 2.05) is 26.0 Å². The van der Waals surface area contributed by atoms with Gasteiger partial charge in [-0.05, 0) is 48.9 Å². The third kappa shape index (κ3) is 4.06. The summed E-state index contributed by atoms with van der Waals surface area (Å²) in [5.41, 5.74) is 3.63. The number of benzene rings is 1. The van der Waals surface area contributed by atoms with Gasteiger partial charge in [-0.2, -0.15) is 0 Å². The van der Waals surface area contributed by atoms with Crippen LogP contribution in [0.2, 0.25) is 0 Å². The molecule has 1 aromatic rings. The molecule has 3 nitrogen and oxygen atoms in total. The van der Waals surface area contributed by atoms with Gasteiger partial charge in [0.2, 0.25) is 0 Å². The van der Waals surface area contributed by atoms with Crippen LogP contribution >= 0.6 is 19.2 Å². The number of alkyl halides is 1. The molecule has 0 radical (unpaired) electrons. The molecule has 0 saturated heterocycles. The third-order valence-electron chi connectivity index (χ3n) is 3.66. The van der Waals surface area contributed by atoms with E-state index in [0.717, 1.165) is 29.5 Å². The van der Waals surface area contributed by atoms with Crippen LogP contribution in [0.25, 0.3) is 0 Å². The van der Waals surface area contributed by atoms with Gasteiger partial charge >= 0.3 is 7.60 Å². The maximum Gasteiger partial charge on any atom is 0.329 e. The van der Waals surface area contributed by atoms with E-state index in [1.165, 1.54) is 0 Å². The van der Waals surface area contributed by atoms with Crippen molar-refractivity contribution in [2.75, 3.05) is 0 Å². The van der Waals surface area contributed by atoms with Crippen molar-refractivity contribution in [1.29, 1.82) is 0 Å². The van der Waals surface area contributed by atoms with Crippen LogP contribution in [0.15, 0.2) is 12.1 Å². The summed E-state index contributed by atoms with van der Waals surface area (Å²) in [6.45, 7) is 7.92. The molecule has 0 saturated carbocycles. The Balaban J connectivity index is 3.28. The predicted octanol–water partition coefficient (Wildman–Crippen LogP) is 4.24. The Bertz CT molecular complexity index is 504. The molecule has 108 valence electrons. The molecule has 0 aliphatic carbocycles. The van der Waals surface area contributed by atoms with Crippen LogP contribution in [-0.2, 0) is 15.6 Å². The minimum Gasteiger partial charge on any atom is -0.324 e. The van der Waals surface area contributed by atoms with Crippen molar-refractivity contribution in [1.82, 2.24) is 0 Å². The molecule has 0 bridgehead atoms.